The van der Waals surface area contributed by atoms with E-state index in [1.807, 2.05) is 41.1 Å². The van der Waals surface area contributed by atoms with E-state index >= 15 is 0 Å². The molecule has 2 N–H and O–H groups in total. The monoisotopic (exact) mass is 433 g/mol. The molecule has 0 amide bonds. The van der Waals surface area contributed by atoms with E-state index in [-0.39, 0.29) is 12.1 Å². The molecule has 3 aromatic heterocycles. The molecule has 5 aromatic rings. The molecule has 4 heterocycles. The SMILES string of the molecule is c1nc2ccc(NC(c3ccc4nsnc4c3)c3nnnn3CC3CCCO3)cc2[nH]1. The Morgan fingerprint density at radius 3 is 3.03 bits per heavy atom. The van der Waals surface area contributed by atoms with Gasteiger partial charge in [0.2, 0.25) is 0 Å². The van der Waals surface area contributed by atoms with Gasteiger partial charge in [0, 0.05) is 12.3 Å². The van der Waals surface area contributed by atoms with Crippen molar-refractivity contribution >= 4 is 39.5 Å². The number of nitrogens with one attached hydrogen (secondary N) is 2. The highest BCUT2D eigenvalue weighted by atomic mass is 32.1. The van der Waals surface area contributed by atoms with E-state index in [4.69, 9.17) is 4.74 Å². The lowest BCUT2D eigenvalue weighted by Gasteiger charge is -2.21. The largest absolute Gasteiger partial charge is 0.376 e. The van der Waals surface area contributed by atoms with Crippen molar-refractivity contribution in [1.29, 1.82) is 0 Å². The molecule has 0 spiro atoms. The van der Waals surface area contributed by atoms with Crippen molar-refractivity contribution in [2.75, 3.05) is 11.9 Å². The highest BCUT2D eigenvalue weighted by Crippen LogP contribution is 2.29. The molecule has 1 saturated heterocycles. The fourth-order valence-electron chi connectivity index (χ4n) is 4.00. The van der Waals surface area contributed by atoms with Gasteiger partial charge in [-0.3, -0.25) is 0 Å². The highest BCUT2D eigenvalue weighted by Gasteiger charge is 2.25. The summed E-state index contributed by atoms with van der Waals surface area (Å²) < 4.78 is 16.4. The Balaban J connectivity index is 1.40. The number of hydrogen-bond acceptors (Lipinski definition) is 9. The molecule has 10 nitrogen and oxygen atoms in total. The van der Waals surface area contributed by atoms with Crippen LogP contribution < -0.4 is 5.32 Å². The molecule has 1 aliphatic rings. The average Bonchev–Trinajstić information content (AvgIpc) is 3.59. The molecule has 2 atom stereocenters. The first-order valence-corrected chi connectivity index (χ1v) is 10.9. The van der Waals surface area contributed by atoms with Gasteiger partial charge in [-0.15, -0.1) is 5.10 Å². The summed E-state index contributed by atoms with van der Waals surface area (Å²) in [5.74, 6) is 0.725. The fraction of sp³-hybridized carbons (Fsp3) is 0.300. The van der Waals surface area contributed by atoms with Gasteiger partial charge in [0.25, 0.3) is 0 Å². The first kappa shape index (κ1) is 18.3. The van der Waals surface area contributed by atoms with Gasteiger partial charge in [-0.25, -0.2) is 9.67 Å². The molecular formula is C20H19N9OS. The van der Waals surface area contributed by atoms with Gasteiger partial charge < -0.3 is 15.0 Å². The Morgan fingerprint density at radius 2 is 2.10 bits per heavy atom. The molecule has 2 aromatic carbocycles. The minimum atomic E-state index is -0.275. The minimum Gasteiger partial charge on any atom is -0.376 e. The standard InChI is InChI=1S/C20H19N9OS/c1-2-14(30-7-1)10-29-20(24-27-28-29)19(12-3-5-16-18(8-12)26-31-25-16)23-13-4-6-15-17(9-13)22-11-21-15/h3-6,8-9,11,14,19,23H,1-2,7,10H2,(H,21,22). The van der Waals surface area contributed by atoms with Crippen LogP contribution in [0.2, 0.25) is 0 Å². The Kier molecular flexibility index (Phi) is 4.54. The second-order valence-corrected chi connectivity index (χ2v) is 8.11. The lowest BCUT2D eigenvalue weighted by Crippen LogP contribution is -2.23. The van der Waals surface area contributed by atoms with Crippen molar-refractivity contribution < 1.29 is 4.74 Å². The van der Waals surface area contributed by atoms with Crippen LogP contribution >= 0.6 is 11.7 Å². The van der Waals surface area contributed by atoms with Gasteiger partial charge in [0.05, 0.1) is 41.7 Å². The number of fused-ring (bicyclic) bond motifs is 2. The van der Waals surface area contributed by atoms with Crippen molar-refractivity contribution in [3.8, 4) is 0 Å². The summed E-state index contributed by atoms with van der Waals surface area (Å²) in [5, 5.41) is 16.2. The number of hydrogen-bond donors (Lipinski definition) is 2. The number of aromatic amines is 1. The Bertz CT molecular complexity index is 1340. The summed E-state index contributed by atoms with van der Waals surface area (Å²) in [4.78, 5) is 7.46. The molecule has 2 unspecified atom stereocenters. The van der Waals surface area contributed by atoms with Gasteiger partial charge in [0.1, 0.15) is 17.1 Å². The van der Waals surface area contributed by atoms with Crippen LogP contribution in [0, 0.1) is 0 Å². The third-order valence-electron chi connectivity index (χ3n) is 5.56. The average molecular weight is 434 g/mol. The molecule has 0 radical (unpaired) electrons. The third kappa shape index (κ3) is 3.51. The lowest BCUT2D eigenvalue weighted by atomic mass is 10.0. The van der Waals surface area contributed by atoms with Crippen LogP contribution in [0.25, 0.3) is 22.1 Å². The number of tetrazole rings is 1. The number of aromatic nitrogens is 8. The summed E-state index contributed by atoms with van der Waals surface area (Å²) in [6.07, 6.45) is 3.91. The van der Waals surface area contributed by atoms with Crippen molar-refractivity contribution in [3.05, 3.63) is 54.1 Å². The van der Waals surface area contributed by atoms with Gasteiger partial charge in [-0.1, -0.05) is 6.07 Å². The molecule has 6 rings (SSSR count). The summed E-state index contributed by atoms with van der Waals surface area (Å²) in [6.45, 7) is 1.42. The van der Waals surface area contributed by atoms with Crippen LogP contribution in [0.1, 0.15) is 30.3 Å². The number of nitrogens with zero attached hydrogens (tertiary/aromatic N) is 7. The molecular weight excluding hydrogens is 414 g/mol. The predicted molar refractivity (Wildman–Crippen MR) is 116 cm³/mol. The fourth-order valence-corrected chi connectivity index (χ4v) is 4.51. The first-order chi connectivity index (χ1) is 15.3. The van der Waals surface area contributed by atoms with Crippen molar-refractivity contribution in [2.24, 2.45) is 0 Å². The van der Waals surface area contributed by atoms with Gasteiger partial charge in [-0.05, 0) is 59.2 Å². The zero-order chi connectivity index (χ0) is 20.6. The summed E-state index contributed by atoms with van der Waals surface area (Å²) >= 11 is 1.21. The molecule has 156 valence electrons. The normalized spacial score (nSPS) is 17.5. The van der Waals surface area contributed by atoms with Crippen LogP contribution in [-0.4, -0.2) is 51.6 Å². The van der Waals surface area contributed by atoms with Crippen LogP contribution in [0.15, 0.2) is 42.7 Å². The number of ether oxygens (including phenoxy) is 1. The van der Waals surface area contributed by atoms with Gasteiger partial charge in [0.15, 0.2) is 5.82 Å². The molecule has 0 saturated carbocycles. The summed E-state index contributed by atoms with van der Waals surface area (Å²) in [7, 11) is 0. The Labute approximate surface area is 181 Å². The van der Waals surface area contributed by atoms with Crippen LogP contribution in [-0.2, 0) is 11.3 Å². The minimum absolute atomic E-state index is 0.134. The number of H-pyrrole nitrogens is 1. The van der Waals surface area contributed by atoms with E-state index in [2.05, 4.69) is 39.6 Å². The van der Waals surface area contributed by atoms with E-state index < -0.39 is 0 Å². The maximum Gasteiger partial charge on any atom is 0.178 e. The van der Waals surface area contributed by atoms with Crippen LogP contribution in [0.5, 0.6) is 0 Å². The number of benzene rings is 2. The molecule has 0 bridgehead atoms. The zero-order valence-electron chi connectivity index (χ0n) is 16.5. The van der Waals surface area contributed by atoms with Crippen molar-refractivity contribution in [2.45, 2.75) is 31.5 Å². The second-order valence-electron chi connectivity index (χ2n) is 7.58. The van der Waals surface area contributed by atoms with Crippen molar-refractivity contribution in [3.63, 3.8) is 0 Å². The predicted octanol–water partition coefficient (Wildman–Crippen LogP) is 2.93. The third-order valence-corrected chi connectivity index (χ3v) is 6.12. The highest BCUT2D eigenvalue weighted by molar-refractivity contribution is 7.00. The zero-order valence-corrected chi connectivity index (χ0v) is 17.3. The Morgan fingerprint density at radius 1 is 1.16 bits per heavy atom. The lowest BCUT2D eigenvalue weighted by molar-refractivity contribution is 0.0925. The maximum atomic E-state index is 5.81. The van der Waals surface area contributed by atoms with Crippen molar-refractivity contribution in [1.82, 2.24) is 38.9 Å². The van der Waals surface area contributed by atoms with Crippen LogP contribution in [0.4, 0.5) is 5.69 Å². The van der Waals surface area contributed by atoms with E-state index in [9.17, 15) is 0 Å². The van der Waals surface area contributed by atoms with E-state index in [1.54, 1.807) is 6.33 Å². The topological polar surface area (TPSA) is 119 Å². The van der Waals surface area contributed by atoms with E-state index in [1.165, 1.54) is 11.7 Å². The molecule has 11 heteroatoms. The molecule has 0 aliphatic carbocycles. The molecule has 1 fully saturated rings. The molecule has 31 heavy (non-hydrogen) atoms. The number of imidazole rings is 1. The number of anilines is 1. The first-order valence-electron chi connectivity index (χ1n) is 10.1. The quantitative estimate of drug-likeness (QED) is 0.419. The summed E-state index contributed by atoms with van der Waals surface area (Å²) in [6, 6.07) is 11.8. The van der Waals surface area contributed by atoms with Crippen LogP contribution in [0.3, 0.4) is 0 Å². The van der Waals surface area contributed by atoms with E-state index in [0.717, 1.165) is 58.6 Å². The number of rotatable bonds is 6. The summed E-state index contributed by atoms with van der Waals surface area (Å²) in [5.41, 5.74) is 5.56. The van der Waals surface area contributed by atoms with E-state index in [0.29, 0.717) is 6.54 Å². The second kappa shape index (κ2) is 7.67. The van der Waals surface area contributed by atoms with Gasteiger partial charge >= 0.3 is 0 Å². The Hall–Kier alpha value is -3.44. The smallest absolute Gasteiger partial charge is 0.178 e. The maximum absolute atomic E-state index is 5.81. The molecule has 1 aliphatic heterocycles. The van der Waals surface area contributed by atoms with Gasteiger partial charge in [-0.2, -0.15) is 8.75 Å².